The molecule has 2 N–H and O–H groups in total. The molecule has 0 fully saturated rings. The number of esters is 1. The van der Waals surface area contributed by atoms with Gasteiger partial charge in [-0.25, -0.2) is 19.3 Å². The van der Waals surface area contributed by atoms with E-state index in [-0.39, 0.29) is 35.9 Å². The molecule has 0 aliphatic rings. The van der Waals surface area contributed by atoms with Crippen molar-refractivity contribution in [3.8, 4) is 5.69 Å². The molecule has 3 rings (SSSR count). The van der Waals surface area contributed by atoms with Crippen molar-refractivity contribution in [3.05, 3.63) is 51.8 Å². The molecule has 1 aromatic carbocycles. The predicted molar refractivity (Wildman–Crippen MR) is 112 cm³/mol. The molecule has 2 aromatic heterocycles. The molecule has 0 atom stereocenters. The fraction of sp³-hybridized carbons (Fsp3) is 0.381. The minimum atomic E-state index is -0.800. The Morgan fingerprint density at radius 1 is 1.23 bits per heavy atom. The fourth-order valence-corrected chi connectivity index (χ4v) is 3.31. The van der Waals surface area contributed by atoms with Crippen molar-refractivity contribution in [2.24, 2.45) is 11.7 Å². The van der Waals surface area contributed by atoms with Gasteiger partial charge in [0, 0.05) is 6.42 Å². The van der Waals surface area contributed by atoms with Crippen LogP contribution in [0, 0.1) is 12.8 Å². The third-order valence-electron chi connectivity index (χ3n) is 4.49. The highest BCUT2D eigenvalue weighted by molar-refractivity contribution is 6.02. The summed E-state index contributed by atoms with van der Waals surface area (Å²) in [6, 6.07) is 7.30. The third-order valence-corrected chi connectivity index (χ3v) is 4.49. The van der Waals surface area contributed by atoms with Gasteiger partial charge in [0.25, 0.3) is 5.91 Å². The molecular formula is C21H25N5O4. The number of amides is 1. The van der Waals surface area contributed by atoms with Crippen LogP contribution < -0.4 is 11.4 Å². The lowest BCUT2D eigenvalue weighted by Crippen LogP contribution is -2.28. The lowest BCUT2D eigenvalue weighted by atomic mass is 10.1. The second-order valence-electron chi connectivity index (χ2n) is 7.47. The summed E-state index contributed by atoms with van der Waals surface area (Å²) in [5, 5.41) is 0. The van der Waals surface area contributed by atoms with Crippen LogP contribution in [0.5, 0.6) is 0 Å². The molecule has 0 spiro atoms. The maximum atomic E-state index is 13.3. The van der Waals surface area contributed by atoms with E-state index in [1.54, 1.807) is 13.0 Å². The number of rotatable bonds is 7. The van der Waals surface area contributed by atoms with Gasteiger partial charge >= 0.3 is 11.7 Å². The van der Waals surface area contributed by atoms with Crippen LogP contribution >= 0.6 is 0 Å². The van der Waals surface area contributed by atoms with Crippen LogP contribution in [0.25, 0.3) is 16.9 Å². The van der Waals surface area contributed by atoms with E-state index in [1.165, 1.54) is 4.57 Å². The number of aryl methyl sites for hydroxylation is 1. The van der Waals surface area contributed by atoms with Crippen molar-refractivity contribution in [2.75, 3.05) is 6.61 Å². The molecule has 0 bridgehead atoms. The van der Waals surface area contributed by atoms with E-state index in [9.17, 15) is 14.4 Å². The van der Waals surface area contributed by atoms with Gasteiger partial charge in [0.05, 0.1) is 12.3 Å². The number of nitrogens with two attached hydrogens (primary N) is 1. The van der Waals surface area contributed by atoms with Crippen LogP contribution in [0.2, 0.25) is 0 Å². The van der Waals surface area contributed by atoms with E-state index in [0.29, 0.717) is 17.9 Å². The van der Waals surface area contributed by atoms with Gasteiger partial charge in [-0.05, 0) is 37.5 Å². The number of primary amides is 1. The summed E-state index contributed by atoms with van der Waals surface area (Å²) in [5.41, 5.74) is 6.83. The topological polar surface area (TPSA) is 122 Å². The van der Waals surface area contributed by atoms with Gasteiger partial charge in [0.2, 0.25) is 0 Å². The highest BCUT2D eigenvalue weighted by Crippen LogP contribution is 2.21. The molecular weight excluding hydrogens is 386 g/mol. The first-order valence-electron chi connectivity index (χ1n) is 9.77. The molecule has 1 amide bonds. The first kappa shape index (κ1) is 21.2. The molecule has 30 heavy (non-hydrogen) atoms. The quantitative estimate of drug-likeness (QED) is 0.591. The molecule has 0 aliphatic heterocycles. The summed E-state index contributed by atoms with van der Waals surface area (Å²) in [7, 11) is 0. The maximum absolute atomic E-state index is 13.3. The first-order valence-corrected chi connectivity index (χ1v) is 9.77. The Morgan fingerprint density at radius 2 is 1.97 bits per heavy atom. The number of fused-ring (bicyclic) bond motifs is 1. The Balaban J connectivity index is 2.40. The molecule has 158 valence electrons. The lowest BCUT2D eigenvalue weighted by molar-refractivity contribution is -0.143. The number of aromatic nitrogens is 4. The SMILES string of the molecule is CCOC(=O)Cn1c(=O)n(-c2cccc(C)c2)c2nc(CC(C)C)nc(C(N)=O)c21. The van der Waals surface area contributed by atoms with Gasteiger partial charge in [0.1, 0.15) is 17.9 Å². The van der Waals surface area contributed by atoms with Gasteiger partial charge in [-0.2, -0.15) is 0 Å². The van der Waals surface area contributed by atoms with Crippen LogP contribution in [0.15, 0.2) is 29.1 Å². The Morgan fingerprint density at radius 3 is 2.57 bits per heavy atom. The minimum absolute atomic E-state index is 0.0940. The van der Waals surface area contributed by atoms with E-state index in [1.807, 2.05) is 39.0 Å². The Kier molecular flexibility index (Phi) is 6.00. The maximum Gasteiger partial charge on any atom is 0.335 e. The number of benzene rings is 1. The van der Waals surface area contributed by atoms with E-state index < -0.39 is 17.6 Å². The average Bonchev–Trinajstić information content (AvgIpc) is 2.92. The lowest BCUT2D eigenvalue weighted by Gasteiger charge is -2.09. The van der Waals surface area contributed by atoms with E-state index in [2.05, 4.69) is 9.97 Å². The molecule has 2 heterocycles. The van der Waals surface area contributed by atoms with E-state index in [0.717, 1.165) is 10.1 Å². The summed E-state index contributed by atoms with van der Waals surface area (Å²) in [6.45, 7) is 7.36. The van der Waals surface area contributed by atoms with Crippen molar-refractivity contribution >= 4 is 23.0 Å². The van der Waals surface area contributed by atoms with Crippen molar-refractivity contribution in [3.63, 3.8) is 0 Å². The summed E-state index contributed by atoms with van der Waals surface area (Å²) in [5.74, 6) is -0.777. The Labute approximate surface area is 173 Å². The van der Waals surface area contributed by atoms with Crippen LogP contribution in [0.3, 0.4) is 0 Å². The predicted octanol–water partition coefficient (Wildman–Crippen LogP) is 1.75. The Hall–Kier alpha value is -3.49. The van der Waals surface area contributed by atoms with Gasteiger partial charge < -0.3 is 10.5 Å². The van der Waals surface area contributed by atoms with Crippen LogP contribution in [0.4, 0.5) is 0 Å². The molecule has 3 aromatic rings. The van der Waals surface area contributed by atoms with Crippen LogP contribution in [-0.4, -0.2) is 37.6 Å². The number of imidazole rings is 1. The largest absolute Gasteiger partial charge is 0.465 e. The van der Waals surface area contributed by atoms with E-state index in [4.69, 9.17) is 10.5 Å². The standard InChI is InChI=1S/C21H25N5O4/c1-5-30-16(27)11-25-18-17(19(22)28)23-15(9-12(2)3)24-20(18)26(21(25)29)14-8-6-7-13(4)10-14/h6-8,10,12H,5,9,11H2,1-4H3,(H2,22,28). The summed E-state index contributed by atoms with van der Waals surface area (Å²) >= 11 is 0. The third kappa shape index (κ3) is 4.10. The molecule has 0 saturated heterocycles. The summed E-state index contributed by atoms with van der Waals surface area (Å²) < 4.78 is 7.52. The zero-order valence-electron chi connectivity index (χ0n) is 17.5. The molecule has 0 aliphatic carbocycles. The molecule has 0 saturated carbocycles. The van der Waals surface area contributed by atoms with Gasteiger partial charge in [-0.1, -0.05) is 26.0 Å². The first-order chi connectivity index (χ1) is 14.2. The van der Waals surface area contributed by atoms with E-state index >= 15 is 0 Å². The highest BCUT2D eigenvalue weighted by Gasteiger charge is 2.25. The smallest absolute Gasteiger partial charge is 0.335 e. The molecule has 9 nitrogen and oxygen atoms in total. The van der Waals surface area contributed by atoms with Crippen molar-refractivity contribution < 1.29 is 14.3 Å². The molecule has 0 unspecified atom stereocenters. The number of carbonyl (C=O) groups excluding carboxylic acids is 2. The summed E-state index contributed by atoms with van der Waals surface area (Å²) in [6.07, 6.45) is 0.501. The number of nitrogens with zero attached hydrogens (tertiary/aromatic N) is 4. The van der Waals surface area contributed by atoms with Gasteiger partial charge in [-0.15, -0.1) is 0 Å². The van der Waals surface area contributed by atoms with Crippen LogP contribution in [-0.2, 0) is 22.5 Å². The monoisotopic (exact) mass is 411 g/mol. The normalized spacial score (nSPS) is 11.2. The molecule has 9 heteroatoms. The second-order valence-corrected chi connectivity index (χ2v) is 7.47. The minimum Gasteiger partial charge on any atom is -0.465 e. The van der Waals surface area contributed by atoms with Crippen molar-refractivity contribution in [1.82, 2.24) is 19.1 Å². The highest BCUT2D eigenvalue weighted by atomic mass is 16.5. The van der Waals surface area contributed by atoms with Crippen LogP contribution in [0.1, 0.15) is 42.6 Å². The van der Waals surface area contributed by atoms with Crippen molar-refractivity contribution in [2.45, 2.75) is 40.7 Å². The fourth-order valence-electron chi connectivity index (χ4n) is 3.31. The molecule has 0 radical (unpaired) electrons. The number of hydrogen-bond acceptors (Lipinski definition) is 6. The number of hydrogen-bond donors (Lipinski definition) is 1. The van der Waals surface area contributed by atoms with Crippen molar-refractivity contribution in [1.29, 1.82) is 0 Å². The Bertz CT molecular complexity index is 1180. The summed E-state index contributed by atoms with van der Waals surface area (Å²) in [4.78, 5) is 46.6. The second kappa shape index (κ2) is 8.48. The number of carbonyl (C=O) groups is 2. The van der Waals surface area contributed by atoms with Gasteiger partial charge in [-0.3, -0.25) is 14.2 Å². The number of ether oxygens (including phenoxy) is 1. The van der Waals surface area contributed by atoms with Gasteiger partial charge in [0.15, 0.2) is 11.3 Å². The zero-order valence-corrected chi connectivity index (χ0v) is 17.5. The zero-order chi connectivity index (χ0) is 22.0. The average molecular weight is 411 g/mol.